The molecule has 2 N–H and O–H groups in total. The lowest BCUT2D eigenvalue weighted by Gasteiger charge is -2.37. The molecule has 1 aromatic carbocycles. The summed E-state index contributed by atoms with van der Waals surface area (Å²) in [4.78, 5) is 11.7. The van der Waals surface area contributed by atoms with Gasteiger partial charge in [-0.2, -0.15) is 0 Å². The lowest BCUT2D eigenvalue weighted by atomic mass is 9.85. The van der Waals surface area contributed by atoms with Gasteiger partial charge in [-0.25, -0.2) is 0 Å². The number of carbonyl (C=O) groups is 1. The first-order chi connectivity index (χ1) is 12.0. The summed E-state index contributed by atoms with van der Waals surface area (Å²) in [7, 11) is 1.65. The third-order valence-electron chi connectivity index (χ3n) is 4.61. The van der Waals surface area contributed by atoms with Gasteiger partial charge in [0.15, 0.2) is 0 Å². The largest absolute Gasteiger partial charge is 0.363 e. The Hall–Kier alpha value is -2.17. The van der Waals surface area contributed by atoms with Crippen molar-refractivity contribution in [1.29, 1.82) is 0 Å². The summed E-state index contributed by atoms with van der Waals surface area (Å²) >= 11 is 0. The molecule has 1 aliphatic heterocycles. The van der Waals surface area contributed by atoms with Crippen LogP contribution in [0.15, 0.2) is 66.3 Å². The average Bonchev–Trinajstić information content (AvgIpc) is 2.62. The number of amides is 1. The van der Waals surface area contributed by atoms with Crippen molar-refractivity contribution >= 4 is 5.91 Å². The maximum atomic E-state index is 11.7. The Balaban J connectivity index is 1.85. The predicted molar refractivity (Wildman–Crippen MR) is 100 cm³/mol. The maximum Gasteiger partial charge on any atom is 0.233 e. The molecule has 4 heteroatoms. The molecule has 3 unspecified atom stereocenters. The van der Waals surface area contributed by atoms with E-state index in [1.807, 2.05) is 18.2 Å². The average molecular weight is 338 g/mol. The second-order valence-electron chi connectivity index (χ2n) is 7.05. The summed E-state index contributed by atoms with van der Waals surface area (Å²) in [5, 5.41) is 6.03. The van der Waals surface area contributed by atoms with Gasteiger partial charge in [-0.05, 0) is 25.0 Å². The minimum atomic E-state index is -0.229. The molecule has 25 heavy (non-hydrogen) atoms. The molecule has 1 aliphatic carbocycles. The minimum absolute atomic E-state index is 0.0261. The van der Waals surface area contributed by atoms with E-state index in [4.69, 9.17) is 4.74 Å². The minimum Gasteiger partial charge on any atom is -0.363 e. The van der Waals surface area contributed by atoms with Crippen LogP contribution in [0.1, 0.15) is 25.5 Å². The van der Waals surface area contributed by atoms with Crippen LogP contribution in [0.5, 0.6) is 0 Å². The number of likely N-dealkylation sites (N-methyl/N-ethyl adjacent to an activating group) is 1. The summed E-state index contributed by atoms with van der Waals surface area (Å²) in [6.45, 7) is 4.42. The first-order valence-electron chi connectivity index (χ1n) is 8.74. The summed E-state index contributed by atoms with van der Waals surface area (Å²) in [5.74, 6) is 0.197. The molecule has 4 nitrogen and oxygen atoms in total. The molecule has 132 valence electrons. The van der Waals surface area contributed by atoms with Crippen LogP contribution in [0.3, 0.4) is 0 Å². The number of carbonyl (C=O) groups excluding carboxylic acids is 1. The lowest BCUT2D eigenvalue weighted by Crippen LogP contribution is -2.38. The first-order valence-corrected chi connectivity index (χ1v) is 8.74. The highest BCUT2D eigenvalue weighted by Crippen LogP contribution is 2.34. The Morgan fingerprint density at radius 2 is 2.00 bits per heavy atom. The number of ether oxygens (including phenoxy) is 1. The monoisotopic (exact) mass is 338 g/mol. The molecule has 0 saturated heterocycles. The molecule has 1 aromatic rings. The topological polar surface area (TPSA) is 50.4 Å². The highest BCUT2D eigenvalue weighted by Gasteiger charge is 2.31. The Labute approximate surface area is 149 Å². The highest BCUT2D eigenvalue weighted by atomic mass is 16.5. The van der Waals surface area contributed by atoms with Gasteiger partial charge in [-0.1, -0.05) is 60.7 Å². The van der Waals surface area contributed by atoms with E-state index in [9.17, 15) is 4.79 Å². The van der Waals surface area contributed by atoms with Gasteiger partial charge < -0.3 is 10.1 Å². The van der Waals surface area contributed by atoms with Crippen molar-refractivity contribution in [3.63, 3.8) is 0 Å². The second-order valence-corrected chi connectivity index (χ2v) is 7.05. The van der Waals surface area contributed by atoms with E-state index < -0.39 is 0 Å². The lowest BCUT2D eigenvalue weighted by molar-refractivity contribution is -0.119. The maximum absolute atomic E-state index is 11.7. The highest BCUT2D eigenvalue weighted by molar-refractivity contribution is 5.77. The fourth-order valence-electron chi connectivity index (χ4n) is 3.27. The van der Waals surface area contributed by atoms with Gasteiger partial charge >= 0.3 is 0 Å². The Kier molecular flexibility index (Phi) is 5.21. The molecular formula is C21H26N2O2. The van der Waals surface area contributed by atoms with Crippen LogP contribution in [0.4, 0.5) is 0 Å². The fraction of sp³-hybridized carbons (Fsp3) is 0.381. The quantitative estimate of drug-likeness (QED) is 0.812. The van der Waals surface area contributed by atoms with E-state index in [1.165, 1.54) is 0 Å². The Morgan fingerprint density at radius 1 is 1.24 bits per heavy atom. The van der Waals surface area contributed by atoms with Gasteiger partial charge in [0.05, 0.1) is 24.3 Å². The van der Waals surface area contributed by atoms with E-state index in [1.54, 1.807) is 7.05 Å². The molecule has 0 fully saturated rings. The number of hydrogen-bond acceptors (Lipinski definition) is 3. The molecule has 3 atom stereocenters. The molecule has 0 spiro atoms. The summed E-state index contributed by atoms with van der Waals surface area (Å²) in [6, 6.07) is 10.2. The van der Waals surface area contributed by atoms with Crippen LogP contribution in [0, 0.1) is 5.92 Å². The molecule has 3 rings (SSSR count). The van der Waals surface area contributed by atoms with Gasteiger partial charge in [-0.3, -0.25) is 10.1 Å². The van der Waals surface area contributed by atoms with Gasteiger partial charge in [0.2, 0.25) is 5.91 Å². The van der Waals surface area contributed by atoms with E-state index in [-0.39, 0.29) is 36.1 Å². The summed E-state index contributed by atoms with van der Waals surface area (Å²) in [5.41, 5.74) is 2.07. The van der Waals surface area contributed by atoms with Crippen molar-refractivity contribution in [3.05, 3.63) is 71.8 Å². The van der Waals surface area contributed by atoms with Crippen LogP contribution in [-0.4, -0.2) is 31.2 Å². The zero-order valence-electron chi connectivity index (χ0n) is 15.0. The molecule has 1 heterocycles. The summed E-state index contributed by atoms with van der Waals surface area (Å²) < 4.78 is 6.12. The molecule has 0 aromatic heterocycles. The zero-order chi connectivity index (χ0) is 17.9. The molecular weight excluding hydrogens is 312 g/mol. The summed E-state index contributed by atoms with van der Waals surface area (Å²) in [6.07, 6.45) is 10.9. The number of hydrogen-bond donors (Lipinski definition) is 2. The number of rotatable bonds is 5. The molecule has 0 saturated carbocycles. The van der Waals surface area contributed by atoms with Crippen molar-refractivity contribution < 1.29 is 9.53 Å². The third kappa shape index (κ3) is 4.27. The van der Waals surface area contributed by atoms with E-state index >= 15 is 0 Å². The molecule has 2 aliphatic rings. The van der Waals surface area contributed by atoms with Crippen LogP contribution < -0.4 is 10.6 Å². The van der Waals surface area contributed by atoms with Gasteiger partial charge in [-0.15, -0.1) is 0 Å². The van der Waals surface area contributed by atoms with Crippen LogP contribution in [-0.2, 0) is 9.53 Å². The van der Waals surface area contributed by atoms with Crippen LogP contribution in [0.25, 0.3) is 0 Å². The number of nitrogens with one attached hydrogen (secondary N) is 2. The van der Waals surface area contributed by atoms with Crippen molar-refractivity contribution in [3.8, 4) is 0 Å². The van der Waals surface area contributed by atoms with Crippen molar-refractivity contribution in [2.24, 2.45) is 5.92 Å². The third-order valence-corrected chi connectivity index (χ3v) is 4.61. The smallest absolute Gasteiger partial charge is 0.233 e. The van der Waals surface area contributed by atoms with Gasteiger partial charge in [0, 0.05) is 13.0 Å². The fourth-order valence-corrected chi connectivity index (χ4v) is 3.27. The SMILES string of the molecule is CNC(=O)CNC(C1=CC2C=CC(C)(C)OC2C=C1)c1ccccc1. The molecule has 0 radical (unpaired) electrons. The van der Waals surface area contributed by atoms with Crippen molar-refractivity contribution in [2.45, 2.75) is 31.6 Å². The zero-order valence-corrected chi connectivity index (χ0v) is 15.0. The predicted octanol–water partition coefficient (Wildman–Crippen LogP) is 2.91. The van der Waals surface area contributed by atoms with Crippen molar-refractivity contribution in [2.75, 3.05) is 13.6 Å². The Bertz CT molecular complexity index is 704. The second kappa shape index (κ2) is 7.38. The van der Waals surface area contributed by atoms with Gasteiger partial charge in [0.1, 0.15) is 0 Å². The van der Waals surface area contributed by atoms with Crippen molar-refractivity contribution in [1.82, 2.24) is 10.6 Å². The number of benzene rings is 1. The molecule has 1 amide bonds. The van der Waals surface area contributed by atoms with Gasteiger partial charge in [0.25, 0.3) is 0 Å². The standard InChI is InChI=1S/C21H26N2O2/c1-21(2)12-11-16-13-17(9-10-18(16)25-21)20(23-14-19(24)22-3)15-7-5-4-6-8-15/h4-13,16,18,20,23H,14H2,1-3H3,(H,22,24). The van der Waals surface area contributed by atoms with E-state index in [0.29, 0.717) is 0 Å². The van der Waals surface area contributed by atoms with Crippen LogP contribution in [0.2, 0.25) is 0 Å². The normalized spacial score (nSPS) is 25.0. The number of fused-ring (bicyclic) bond motifs is 1. The Morgan fingerprint density at radius 3 is 2.72 bits per heavy atom. The molecule has 0 bridgehead atoms. The van der Waals surface area contributed by atoms with E-state index in [2.05, 4.69) is 67.0 Å². The van der Waals surface area contributed by atoms with Crippen LogP contribution >= 0.6 is 0 Å². The van der Waals surface area contributed by atoms with E-state index in [0.717, 1.165) is 11.1 Å². The first kappa shape index (κ1) is 17.6.